The predicted molar refractivity (Wildman–Crippen MR) is 101 cm³/mol. The van der Waals surface area contributed by atoms with Gasteiger partial charge in [-0.1, -0.05) is 28.1 Å². The number of carbonyl (C=O) groups is 1. The summed E-state index contributed by atoms with van der Waals surface area (Å²) in [5, 5.41) is 3.38. The quantitative estimate of drug-likeness (QED) is 0.673. The van der Waals surface area contributed by atoms with E-state index in [-0.39, 0.29) is 17.9 Å². The molecule has 4 nitrogen and oxygen atoms in total. The highest BCUT2D eigenvalue weighted by atomic mass is 79.9. The Hall–Kier alpha value is -2.73. The average molecular weight is 412 g/mol. The predicted octanol–water partition coefficient (Wildman–Crippen LogP) is 4.75. The van der Waals surface area contributed by atoms with E-state index >= 15 is 0 Å². The summed E-state index contributed by atoms with van der Waals surface area (Å²) in [5.41, 5.74) is 3.02. The number of nitrogens with one attached hydrogen (secondary N) is 1. The van der Waals surface area contributed by atoms with E-state index < -0.39 is 0 Å². The molecule has 1 aromatic heterocycles. The van der Waals surface area contributed by atoms with Crippen molar-refractivity contribution in [3.63, 3.8) is 0 Å². The summed E-state index contributed by atoms with van der Waals surface area (Å²) < 4.78 is 14.2. The second-order valence-corrected chi connectivity index (χ2v) is 6.97. The zero-order valence-corrected chi connectivity index (χ0v) is 15.3. The smallest absolute Gasteiger partial charge is 0.258 e. The number of rotatable bonds is 4. The van der Waals surface area contributed by atoms with Crippen molar-refractivity contribution in [3.8, 4) is 0 Å². The van der Waals surface area contributed by atoms with Crippen molar-refractivity contribution in [2.75, 3.05) is 5.32 Å². The third-order valence-electron chi connectivity index (χ3n) is 4.31. The molecule has 0 saturated carbocycles. The molecule has 130 valence electrons. The van der Waals surface area contributed by atoms with Gasteiger partial charge in [-0.3, -0.25) is 9.78 Å². The highest BCUT2D eigenvalue weighted by molar-refractivity contribution is 9.10. The molecule has 3 aromatic rings. The summed E-state index contributed by atoms with van der Waals surface area (Å²) in [4.78, 5) is 19.0. The van der Waals surface area contributed by atoms with Crippen molar-refractivity contribution in [2.45, 2.75) is 12.7 Å². The molecule has 0 bridgehead atoms. The molecule has 0 radical (unpaired) electrons. The van der Waals surface area contributed by atoms with Crippen LogP contribution in [0.4, 0.5) is 10.1 Å². The van der Waals surface area contributed by atoms with E-state index in [4.69, 9.17) is 0 Å². The van der Waals surface area contributed by atoms with Gasteiger partial charge < -0.3 is 10.2 Å². The fraction of sp³-hybridized carbons (Fsp3) is 0.100. The molecule has 2 heterocycles. The molecular weight excluding hydrogens is 397 g/mol. The first-order chi connectivity index (χ1) is 12.6. The maximum Gasteiger partial charge on any atom is 0.258 e. The van der Waals surface area contributed by atoms with Gasteiger partial charge in [0.25, 0.3) is 5.91 Å². The van der Waals surface area contributed by atoms with Gasteiger partial charge in [0.05, 0.1) is 11.3 Å². The van der Waals surface area contributed by atoms with Crippen LogP contribution in [0.2, 0.25) is 0 Å². The zero-order valence-electron chi connectivity index (χ0n) is 13.7. The van der Waals surface area contributed by atoms with Crippen LogP contribution in [0.1, 0.15) is 27.8 Å². The fourth-order valence-electron chi connectivity index (χ4n) is 3.04. The number of amides is 1. The molecule has 6 heteroatoms. The van der Waals surface area contributed by atoms with Crippen molar-refractivity contribution in [3.05, 3.63) is 94.0 Å². The number of hydrogen-bond acceptors (Lipinski definition) is 3. The van der Waals surface area contributed by atoms with Crippen LogP contribution < -0.4 is 5.32 Å². The lowest BCUT2D eigenvalue weighted by atomic mass is 10.2. The first-order valence-corrected chi connectivity index (χ1v) is 8.93. The number of anilines is 1. The lowest BCUT2D eigenvalue weighted by Crippen LogP contribution is -2.32. The highest BCUT2D eigenvalue weighted by Gasteiger charge is 2.37. The van der Waals surface area contributed by atoms with E-state index in [1.807, 2.05) is 24.3 Å². The monoisotopic (exact) mass is 411 g/mol. The van der Waals surface area contributed by atoms with Gasteiger partial charge in [-0.2, -0.15) is 0 Å². The number of carbonyl (C=O) groups excluding carboxylic acids is 1. The largest absolute Gasteiger partial charge is 0.360 e. The maximum absolute atomic E-state index is 13.2. The lowest BCUT2D eigenvalue weighted by Gasteiger charge is -2.26. The van der Waals surface area contributed by atoms with Gasteiger partial charge in [0.15, 0.2) is 0 Å². The Balaban J connectivity index is 1.67. The summed E-state index contributed by atoms with van der Waals surface area (Å²) >= 11 is 3.42. The van der Waals surface area contributed by atoms with Crippen LogP contribution in [0, 0.1) is 5.82 Å². The molecule has 1 amide bonds. The Morgan fingerprint density at radius 2 is 1.81 bits per heavy atom. The third-order valence-corrected chi connectivity index (χ3v) is 4.84. The number of halogens is 2. The van der Waals surface area contributed by atoms with Crippen LogP contribution in [-0.2, 0) is 6.54 Å². The minimum Gasteiger partial charge on any atom is -0.360 e. The average Bonchev–Trinajstić information content (AvgIpc) is 2.91. The number of nitrogens with zero attached hydrogens (tertiary/aromatic N) is 2. The summed E-state index contributed by atoms with van der Waals surface area (Å²) in [7, 11) is 0. The van der Waals surface area contributed by atoms with Gasteiger partial charge in [-0.25, -0.2) is 4.39 Å². The summed E-state index contributed by atoms with van der Waals surface area (Å²) in [6, 6.07) is 17.5. The molecule has 0 saturated heterocycles. The Kier molecular flexibility index (Phi) is 4.42. The fourth-order valence-corrected chi connectivity index (χ4v) is 3.30. The Bertz CT molecular complexity index is 944. The Morgan fingerprint density at radius 3 is 2.54 bits per heavy atom. The van der Waals surface area contributed by atoms with E-state index in [1.54, 1.807) is 35.4 Å². The third kappa shape index (κ3) is 3.20. The van der Waals surface area contributed by atoms with Crippen LogP contribution in [0.25, 0.3) is 0 Å². The standard InChI is InChI=1S/C20H15BrFN3O/c21-14-5-9-16(10-6-14)24-19-18-17(2-1-11-23-18)20(26)25(19)12-13-3-7-15(22)8-4-13/h1-11,19,24H,12H2/t19-/m1/s1. The topological polar surface area (TPSA) is 45.2 Å². The minimum absolute atomic E-state index is 0.0907. The maximum atomic E-state index is 13.2. The molecule has 4 rings (SSSR count). The van der Waals surface area contributed by atoms with Crippen molar-refractivity contribution in [2.24, 2.45) is 0 Å². The number of fused-ring (bicyclic) bond motifs is 1. The lowest BCUT2D eigenvalue weighted by molar-refractivity contribution is 0.0728. The molecule has 0 spiro atoms. The van der Waals surface area contributed by atoms with Crippen molar-refractivity contribution in [1.82, 2.24) is 9.88 Å². The molecule has 26 heavy (non-hydrogen) atoms. The first-order valence-electron chi connectivity index (χ1n) is 8.14. The van der Waals surface area contributed by atoms with E-state index in [0.29, 0.717) is 17.8 Å². The van der Waals surface area contributed by atoms with Crippen LogP contribution in [0.15, 0.2) is 71.3 Å². The van der Waals surface area contributed by atoms with E-state index in [9.17, 15) is 9.18 Å². The minimum atomic E-state index is -0.384. The molecule has 0 unspecified atom stereocenters. The highest BCUT2D eigenvalue weighted by Crippen LogP contribution is 2.34. The van der Waals surface area contributed by atoms with Gasteiger partial charge in [-0.05, 0) is 54.1 Å². The van der Waals surface area contributed by atoms with E-state index in [2.05, 4.69) is 26.2 Å². The van der Waals surface area contributed by atoms with Crippen molar-refractivity contribution in [1.29, 1.82) is 0 Å². The number of benzene rings is 2. The number of pyridine rings is 1. The van der Waals surface area contributed by atoms with Crippen LogP contribution in [0.3, 0.4) is 0 Å². The van der Waals surface area contributed by atoms with Gasteiger partial charge in [-0.15, -0.1) is 0 Å². The normalized spacial score (nSPS) is 15.8. The summed E-state index contributed by atoms with van der Waals surface area (Å²) in [5.74, 6) is -0.386. The van der Waals surface area contributed by atoms with Gasteiger partial charge in [0.1, 0.15) is 12.0 Å². The molecule has 1 atom stereocenters. The van der Waals surface area contributed by atoms with Crippen LogP contribution >= 0.6 is 15.9 Å². The molecule has 0 aliphatic carbocycles. The molecule has 1 aliphatic heterocycles. The van der Waals surface area contributed by atoms with Gasteiger partial charge >= 0.3 is 0 Å². The molecule has 0 fully saturated rings. The van der Waals surface area contributed by atoms with Crippen LogP contribution in [-0.4, -0.2) is 15.8 Å². The van der Waals surface area contributed by atoms with Crippen molar-refractivity contribution >= 4 is 27.5 Å². The van der Waals surface area contributed by atoms with Crippen LogP contribution in [0.5, 0.6) is 0 Å². The Labute approximate surface area is 158 Å². The Morgan fingerprint density at radius 1 is 1.08 bits per heavy atom. The molecule has 2 aromatic carbocycles. The first kappa shape index (κ1) is 16.7. The molecule has 1 N–H and O–H groups in total. The molecule has 1 aliphatic rings. The second kappa shape index (κ2) is 6.88. The van der Waals surface area contributed by atoms with Gasteiger partial charge in [0, 0.05) is 22.9 Å². The number of hydrogen-bond donors (Lipinski definition) is 1. The van der Waals surface area contributed by atoms with Crippen molar-refractivity contribution < 1.29 is 9.18 Å². The summed E-state index contributed by atoms with van der Waals surface area (Å²) in [6.07, 6.45) is 1.30. The van der Waals surface area contributed by atoms with E-state index in [0.717, 1.165) is 15.7 Å². The van der Waals surface area contributed by atoms with E-state index in [1.165, 1.54) is 12.1 Å². The SMILES string of the molecule is O=C1c2cccnc2[C@H](Nc2ccc(Br)cc2)N1Cc1ccc(F)cc1. The summed E-state index contributed by atoms with van der Waals surface area (Å²) in [6.45, 7) is 0.365. The molecular formula is C20H15BrFN3O. The van der Waals surface area contributed by atoms with Gasteiger partial charge in [0.2, 0.25) is 0 Å². The second-order valence-electron chi connectivity index (χ2n) is 6.05. The zero-order chi connectivity index (χ0) is 18.1. The number of aromatic nitrogens is 1.